The van der Waals surface area contributed by atoms with Crippen LogP contribution in [0, 0.1) is 0 Å². The zero-order chi connectivity index (χ0) is 11.8. The molecule has 0 saturated heterocycles. The van der Waals surface area contributed by atoms with E-state index in [0.717, 1.165) is 5.56 Å². The lowest BCUT2D eigenvalue weighted by molar-refractivity contribution is -0.188. The first-order valence-corrected chi connectivity index (χ1v) is 5.24. The summed E-state index contributed by atoms with van der Waals surface area (Å²) in [6, 6.07) is 9.75. The van der Waals surface area contributed by atoms with E-state index >= 15 is 0 Å². The molecule has 0 fully saturated rings. The molecule has 1 atom stereocenters. The van der Waals surface area contributed by atoms with Gasteiger partial charge in [-0.2, -0.15) is 0 Å². The van der Waals surface area contributed by atoms with Crippen LogP contribution in [0.5, 0.6) is 0 Å². The predicted molar refractivity (Wildman–Crippen MR) is 59.1 cm³/mol. The monoisotopic (exact) mass is 224 g/mol. The van der Waals surface area contributed by atoms with Crippen LogP contribution >= 0.6 is 0 Å². The maximum absolute atomic E-state index is 10.7. The Morgan fingerprint density at radius 3 is 2.56 bits per heavy atom. The van der Waals surface area contributed by atoms with Crippen molar-refractivity contribution in [3.05, 3.63) is 35.9 Å². The third-order valence-electron chi connectivity index (χ3n) is 2.02. The molecule has 1 aromatic rings. The van der Waals surface area contributed by atoms with Gasteiger partial charge >= 0.3 is 5.97 Å². The Kier molecular flexibility index (Phi) is 5.53. The van der Waals surface area contributed by atoms with Crippen molar-refractivity contribution in [3.8, 4) is 0 Å². The Hall–Kier alpha value is -1.39. The highest BCUT2D eigenvalue weighted by atomic mass is 16.7. The molecule has 0 aromatic heterocycles. The van der Waals surface area contributed by atoms with Gasteiger partial charge in [-0.1, -0.05) is 30.3 Å². The lowest BCUT2D eigenvalue weighted by Crippen LogP contribution is -2.28. The number of carbonyl (C=O) groups is 1. The van der Waals surface area contributed by atoms with E-state index in [-0.39, 0.29) is 0 Å². The molecular formula is C12H16O4. The van der Waals surface area contributed by atoms with Gasteiger partial charge in [0.05, 0.1) is 6.61 Å². The minimum Gasteiger partial charge on any atom is -0.477 e. The zero-order valence-electron chi connectivity index (χ0n) is 9.26. The summed E-state index contributed by atoms with van der Waals surface area (Å²) in [5, 5.41) is 8.75. The van der Waals surface area contributed by atoms with Crippen molar-refractivity contribution in [2.24, 2.45) is 0 Å². The van der Waals surface area contributed by atoms with Crippen molar-refractivity contribution in [1.29, 1.82) is 0 Å². The smallest absolute Gasteiger partial charge is 0.361 e. The lowest BCUT2D eigenvalue weighted by atomic mass is 10.2. The van der Waals surface area contributed by atoms with Crippen LogP contribution in [0.1, 0.15) is 12.5 Å². The standard InChI is InChI=1S/C12H16O4/c1-2-15-12(11(13)14)16-9-8-10-6-4-3-5-7-10/h3-7,12H,2,8-9H2,1H3,(H,13,14). The van der Waals surface area contributed by atoms with Gasteiger partial charge in [0, 0.05) is 6.61 Å². The van der Waals surface area contributed by atoms with E-state index < -0.39 is 12.3 Å². The van der Waals surface area contributed by atoms with Crippen LogP contribution < -0.4 is 0 Å². The molecule has 0 radical (unpaired) electrons. The fourth-order valence-electron chi connectivity index (χ4n) is 1.27. The van der Waals surface area contributed by atoms with Crippen molar-refractivity contribution in [2.45, 2.75) is 19.6 Å². The van der Waals surface area contributed by atoms with Crippen LogP contribution in [0.25, 0.3) is 0 Å². The molecule has 1 rings (SSSR count). The lowest BCUT2D eigenvalue weighted by Gasteiger charge is -2.13. The van der Waals surface area contributed by atoms with Crippen LogP contribution in [-0.4, -0.2) is 30.6 Å². The molecule has 0 aliphatic rings. The van der Waals surface area contributed by atoms with Crippen LogP contribution in [0.3, 0.4) is 0 Å². The van der Waals surface area contributed by atoms with E-state index in [0.29, 0.717) is 19.6 Å². The SMILES string of the molecule is CCOC(OCCc1ccccc1)C(=O)O. The number of ether oxygens (including phenoxy) is 2. The summed E-state index contributed by atoms with van der Waals surface area (Å²) >= 11 is 0. The van der Waals surface area contributed by atoms with Crippen LogP contribution in [-0.2, 0) is 20.7 Å². The Balaban J connectivity index is 2.31. The van der Waals surface area contributed by atoms with E-state index in [4.69, 9.17) is 14.6 Å². The highest BCUT2D eigenvalue weighted by Gasteiger charge is 2.17. The molecule has 0 aliphatic carbocycles. The van der Waals surface area contributed by atoms with Crippen molar-refractivity contribution in [2.75, 3.05) is 13.2 Å². The summed E-state index contributed by atoms with van der Waals surface area (Å²) in [6.45, 7) is 2.39. The van der Waals surface area contributed by atoms with Crippen LogP contribution in [0.2, 0.25) is 0 Å². The highest BCUT2D eigenvalue weighted by molar-refractivity contribution is 5.70. The molecule has 0 aliphatic heterocycles. The fourth-order valence-corrected chi connectivity index (χ4v) is 1.27. The molecule has 4 heteroatoms. The second kappa shape index (κ2) is 6.98. The Morgan fingerprint density at radius 2 is 2.00 bits per heavy atom. The van der Waals surface area contributed by atoms with Gasteiger partial charge in [0.25, 0.3) is 6.29 Å². The fraction of sp³-hybridized carbons (Fsp3) is 0.417. The first-order valence-electron chi connectivity index (χ1n) is 5.24. The molecular weight excluding hydrogens is 208 g/mol. The van der Waals surface area contributed by atoms with Gasteiger partial charge in [0.2, 0.25) is 0 Å². The molecule has 0 amide bonds. The summed E-state index contributed by atoms with van der Waals surface area (Å²) in [5.74, 6) is -1.09. The van der Waals surface area contributed by atoms with Gasteiger partial charge in [-0.05, 0) is 18.9 Å². The first kappa shape index (κ1) is 12.7. The Labute approximate surface area is 94.8 Å². The van der Waals surface area contributed by atoms with Gasteiger partial charge in [-0.3, -0.25) is 0 Å². The van der Waals surface area contributed by atoms with Crippen LogP contribution in [0.15, 0.2) is 30.3 Å². The maximum atomic E-state index is 10.7. The van der Waals surface area contributed by atoms with Gasteiger partial charge in [0.1, 0.15) is 0 Å². The van der Waals surface area contributed by atoms with Crippen LogP contribution in [0.4, 0.5) is 0 Å². The third-order valence-corrected chi connectivity index (χ3v) is 2.02. The largest absolute Gasteiger partial charge is 0.477 e. The quantitative estimate of drug-likeness (QED) is 0.716. The van der Waals surface area contributed by atoms with E-state index in [2.05, 4.69) is 0 Å². The van der Waals surface area contributed by atoms with E-state index in [1.807, 2.05) is 30.3 Å². The molecule has 88 valence electrons. The topological polar surface area (TPSA) is 55.8 Å². The molecule has 1 unspecified atom stereocenters. The number of carboxylic acids is 1. The second-order valence-electron chi connectivity index (χ2n) is 3.23. The van der Waals surface area contributed by atoms with Crippen molar-refractivity contribution in [3.63, 3.8) is 0 Å². The van der Waals surface area contributed by atoms with E-state index in [9.17, 15) is 4.79 Å². The average molecular weight is 224 g/mol. The number of aliphatic carboxylic acids is 1. The second-order valence-corrected chi connectivity index (χ2v) is 3.23. The normalized spacial score (nSPS) is 12.3. The average Bonchev–Trinajstić information content (AvgIpc) is 2.29. The van der Waals surface area contributed by atoms with Crippen molar-refractivity contribution >= 4 is 5.97 Å². The third kappa shape index (κ3) is 4.42. The number of hydrogen-bond donors (Lipinski definition) is 1. The number of carboxylic acid groups (broad SMARTS) is 1. The molecule has 0 spiro atoms. The molecule has 4 nitrogen and oxygen atoms in total. The zero-order valence-corrected chi connectivity index (χ0v) is 9.26. The van der Waals surface area contributed by atoms with Gasteiger partial charge in [-0.25, -0.2) is 4.79 Å². The molecule has 0 saturated carbocycles. The summed E-state index contributed by atoms with van der Waals surface area (Å²) in [7, 11) is 0. The number of hydrogen-bond acceptors (Lipinski definition) is 3. The van der Waals surface area contributed by atoms with Gasteiger partial charge in [0.15, 0.2) is 0 Å². The Bertz CT molecular complexity index is 310. The summed E-state index contributed by atoms with van der Waals surface area (Å²) in [4.78, 5) is 10.7. The first-order chi connectivity index (χ1) is 7.74. The molecule has 0 bridgehead atoms. The van der Waals surface area contributed by atoms with Gasteiger partial charge < -0.3 is 14.6 Å². The summed E-state index contributed by atoms with van der Waals surface area (Å²) in [5.41, 5.74) is 1.11. The van der Waals surface area contributed by atoms with Gasteiger partial charge in [-0.15, -0.1) is 0 Å². The predicted octanol–water partition coefficient (Wildman–Crippen LogP) is 1.69. The minimum atomic E-state index is -1.16. The van der Waals surface area contributed by atoms with Crippen molar-refractivity contribution in [1.82, 2.24) is 0 Å². The Morgan fingerprint density at radius 1 is 1.31 bits per heavy atom. The van der Waals surface area contributed by atoms with E-state index in [1.165, 1.54) is 0 Å². The highest BCUT2D eigenvalue weighted by Crippen LogP contribution is 2.02. The number of rotatable bonds is 7. The summed E-state index contributed by atoms with van der Waals surface area (Å²) < 4.78 is 10.0. The molecule has 16 heavy (non-hydrogen) atoms. The van der Waals surface area contributed by atoms with E-state index in [1.54, 1.807) is 6.92 Å². The molecule has 1 N–H and O–H groups in total. The number of benzene rings is 1. The molecule has 1 aromatic carbocycles. The van der Waals surface area contributed by atoms with Crippen molar-refractivity contribution < 1.29 is 19.4 Å². The molecule has 0 heterocycles. The minimum absolute atomic E-state index is 0.322. The maximum Gasteiger partial charge on any atom is 0.361 e. The summed E-state index contributed by atoms with van der Waals surface area (Å²) in [6.07, 6.45) is -0.480.